The molecule has 0 atom stereocenters. The molecule has 0 aliphatic carbocycles. The van der Waals surface area contributed by atoms with Gasteiger partial charge in [0.05, 0.1) is 12.8 Å². The molecule has 0 spiro atoms. The maximum atomic E-state index is 5.92. The Morgan fingerprint density at radius 3 is 2.79 bits per heavy atom. The molecule has 19 heavy (non-hydrogen) atoms. The number of pyridine rings is 1. The normalized spacial score (nSPS) is 10.8. The van der Waals surface area contributed by atoms with Crippen LogP contribution >= 0.6 is 0 Å². The first-order valence-electron chi connectivity index (χ1n) is 5.95. The van der Waals surface area contributed by atoms with Gasteiger partial charge in [-0.25, -0.2) is 0 Å². The number of aromatic nitrogens is 3. The van der Waals surface area contributed by atoms with Gasteiger partial charge in [0.15, 0.2) is 11.5 Å². The molecule has 96 valence electrons. The minimum Gasteiger partial charge on any atom is -0.497 e. The van der Waals surface area contributed by atoms with E-state index in [4.69, 9.17) is 10.5 Å². The van der Waals surface area contributed by atoms with E-state index in [-0.39, 0.29) is 0 Å². The van der Waals surface area contributed by atoms with Gasteiger partial charge in [0.2, 0.25) is 0 Å². The Labute approximate surface area is 110 Å². The van der Waals surface area contributed by atoms with E-state index >= 15 is 0 Å². The van der Waals surface area contributed by atoms with Gasteiger partial charge in [-0.15, -0.1) is 10.2 Å². The number of hydrogen-bond acceptors (Lipinski definition) is 4. The Hall–Kier alpha value is -2.56. The molecule has 0 radical (unpaired) electrons. The van der Waals surface area contributed by atoms with E-state index in [1.54, 1.807) is 7.11 Å². The highest BCUT2D eigenvalue weighted by molar-refractivity contribution is 5.70. The standard InChI is InChI=1S/C14H14N4O/c1-9-6-7-12(15)14-17-16-13(18(9)14)10-4-3-5-11(8-10)19-2/h3-8H,15H2,1-2H3. The lowest BCUT2D eigenvalue weighted by Crippen LogP contribution is -1.98. The highest BCUT2D eigenvalue weighted by Crippen LogP contribution is 2.25. The molecule has 0 aliphatic rings. The third-order valence-electron chi connectivity index (χ3n) is 3.11. The van der Waals surface area contributed by atoms with Crippen LogP contribution in [0.1, 0.15) is 5.69 Å². The van der Waals surface area contributed by atoms with Crippen molar-refractivity contribution in [3.8, 4) is 17.1 Å². The van der Waals surface area contributed by atoms with E-state index in [1.165, 1.54) is 0 Å². The fourth-order valence-corrected chi connectivity index (χ4v) is 2.11. The fraction of sp³-hybridized carbons (Fsp3) is 0.143. The van der Waals surface area contributed by atoms with Crippen LogP contribution in [0.25, 0.3) is 17.0 Å². The molecule has 0 bridgehead atoms. The molecular formula is C14H14N4O. The topological polar surface area (TPSA) is 65.4 Å². The molecule has 0 saturated heterocycles. The number of aryl methyl sites for hydroxylation is 1. The predicted octanol–water partition coefficient (Wildman–Crippen LogP) is 2.30. The van der Waals surface area contributed by atoms with Gasteiger partial charge in [0, 0.05) is 11.3 Å². The molecule has 0 saturated carbocycles. The average Bonchev–Trinajstić information content (AvgIpc) is 2.89. The highest BCUT2D eigenvalue weighted by atomic mass is 16.5. The van der Waals surface area contributed by atoms with Gasteiger partial charge >= 0.3 is 0 Å². The van der Waals surface area contributed by atoms with Gasteiger partial charge in [0.1, 0.15) is 5.75 Å². The van der Waals surface area contributed by atoms with Gasteiger partial charge < -0.3 is 10.5 Å². The lowest BCUT2D eigenvalue weighted by molar-refractivity contribution is 0.415. The van der Waals surface area contributed by atoms with E-state index in [0.29, 0.717) is 11.3 Å². The SMILES string of the molecule is COc1cccc(-c2nnc3c(N)ccc(C)n23)c1. The minimum atomic E-state index is 0.618. The molecule has 5 heteroatoms. The van der Waals surface area contributed by atoms with Gasteiger partial charge in [-0.3, -0.25) is 4.40 Å². The number of anilines is 1. The van der Waals surface area contributed by atoms with Crippen molar-refractivity contribution < 1.29 is 4.74 Å². The van der Waals surface area contributed by atoms with E-state index in [9.17, 15) is 0 Å². The van der Waals surface area contributed by atoms with Crippen LogP contribution in [-0.2, 0) is 0 Å². The van der Waals surface area contributed by atoms with Gasteiger partial charge in [-0.1, -0.05) is 12.1 Å². The van der Waals surface area contributed by atoms with E-state index in [2.05, 4.69) is 10.2 Å². The summed E-state index contributed by atoms with van der Waals surface area (Å²) in [6, 6.07) is 11.5. The minimum absolute atomic E-state index is 0.618. The Morgan fingerprint density at radius 2 is 2.00 bits per heavy atom. The number of nitrogens with zero attached hydrogens (tertiary/aromatic N) is 3. The molecule has 2 heterocycles. The van der Waals surface area contributed by atoms with Crippen molar-refractivity contribution in [3.05, 3.63) is 42.1 Å². The summed E-state index contributed by atoms with van der Waals surface area (Å²) in [5, 5.41) is 8.40. The first-order valence-corrected chi connectivity index (χ1v) is 5.95. The third kappa shape index (κ3) is 1.79. The van der Waals surface area contributed by atoms with E-state index < -0.39 is 0 Å². The van der Waals surface area contributed by atoms with Crippen molar-refractivity contribution in [3.63, 3.8) is 0 Å². The number of fused-ring (bicyclic) bond motifs is 1. The van der Waals surface area contributed by atoms with Crippen LogP contribution in [0, 0.1) is 6.92 Å². The van der Waals surface area contributed by atoms with Crippen LogP contribution in [0.3, 0.4) is 0 Å². The lowest BCUT2D eigenvalue weighted by Gasteiger charge is -2.06. The highest BCUT2D eigenvalue weighted by Gasteiger charge is 2.12. The number of methoxy groups -OCH3 is 1. The molecule has 5 nitrogen and oxygen atoms in total. The van der Waals surface area contributed by atoms with Crippen LogP contribution < -0.4 is 10.5 Å². The van der Waals surface area contributed by atoms with Gasteiger partial charge in [-0.2, -0.15) is 0 Å². The molecule has 0 aliphatic heterocycles. The summed E-state index contributed by atoms with van der Waals surface area (Å²) in [4.78, 5) is 0. The number of hydrogen-bond donors (Lipinski definition) is 1. The maximum absolute atomic E-state index is 5.92. The van der Waals surface area contributed by atoms with Crippen LogP contribution in [0.15, 0.2) is 36.4 Å². The molecule has 3 aromatic rings. The van der Waals surface area contributed by atoms with Crippen LogP contribution in [0.4, 0.5) is 5.69 Å². The maximum Gasteiger partial charge on any atom is 0.184 e. The van der Waals surface area contributed by atoms with Crippen LogP contribution in [0.5, 0.6) is 5.75 Å². The van der Waals surface area contributed by atoms with E-state index in [1.807, 2.05) is 47.7 Å². The number of nitrogen functional groups attached to an aromatic ring is 1. The zero-order valence-electron chi connectivity index (χ0n) is 10.8. The largest absolute Gasteiger partial charge is 0.497 e. The van der Waals surface area contributed by atoms with Gasteiger partial charge in [0.25, 0.3) is 0 Å². The Kier molecular flexibility index (Phi) is 2.59. The molecule has 2 N–H and O–H groups in total. The van der Waals surface area contributed by atoms with Crippen molar-refractivity contribution in [2.45, 2.75) is 6.92 Å². The lowest BCUT2D eigenvalue weighted by atomic mass is 10.2. The Balaban J connectivity index is 2.28. The summed E-state index contributed by atoms with van der Waals surface area (Å²) < 4.78 is 7.19. The second-order valence-electron chi connectivity index (χ2n) is 4.34. The summed E-state index contributed by atoms with van der Waals surface area (Å²) in [6.45, 7) is 2.00. The van der Waals surface area contributed by atoms with Crippen molar-refractivity contribution in [1.29, 1.82) is 0 Å². The average molecular weight is 254 g/mol. The number of nitrogens with two attached hydrogens (primary N) is 1. The van der Waals surface area contributed by atoms with Crippen molar-refractivity contribution in [2.75, 3.05) is 12.8 Å². The quantitative estimate of drug-likeness (QED) is 0.762. The second kappa shape index (κ2) is 4.28. The van der Waals surface area contributed by atoms with Crippen molar-refractivity contribution in [1.82, 2.24) is 14.6 Å². The van der Waals surface area contributed by atoms with E-state index in [0.717, 1.165) is 22.8 Å². The summed E-state index contributed by atoms with van der Waals surface area (Å²) in [6.07, 6.45) is 0. The molecule has 0 unspecified atom stereocenters. The van der Waals surface area contributed by atoms with Crippen molar-refractivity contribution in [2.24, 2.45) is 0 Å². The Morgan fingerprint density at radius 1 is 1.16 bits per heavy atom. The number of rotatable bonds is 2. The van der Waals surface area contributed by atoms with Crippen LogP contribution in [-0.4, -0.2) is 21.7 Å². The fourth-order valence-electron chi connectivity index (χ4n) is 2.11. The summed E-state index contributed by atoms with van der Waals surface area (Å²) >= 11 is 0. The zero-order valence-corrected chi connectivity index (χ0v) is 10.8. The molecule has 0 fully saturated rings. The summed E-state index contributed by atoms with van der Waals surface area (Å²) in [5.74, 6) is 1.55. The first-order chi connectivity index (χ1) is 9.20. The third-order valence-corrected chi connectivity index (χ3v) is 3.11. The summed E-state index contributed by atoms with van der Waals surface area (Å²) in [5.41, 5.74) is 9.20. The molecule has 3 rings (SSSR count). The van der Waals surface area contributed by atoms with Crippen LogP contribution in [0.2, 0.25) is 0 Å². The molecular weight excluding hydrogens is 240 g/mol. The predicted molar refractivity (Wildman–Crippen MR) is 74.1 cm³/mol. The summed E-state index contributed by atoms with van der Waals surface area (Å²) in [7, 11) is 1.64. The molecule has 2 aromatic heterocycles. The number of benzene rings is 1. The first kappa shape index (κ1) is 11.5. The number of ether oxygens (including phenoxy) is 1. The monoisotopic (exact) mass is 254 g/mol. The zero-order chi connectivity index (χ0) is 13.4. The van der Waals surface area contributed by atoms with Crippen molar-refractivity contribution >= 4 is 11.3 Å². The smallest absolute Gasteiger partial charge is 0.184 e. The second-order valence-corrected chi connectivity index (χ2v) is 4.34. The Bertz CT molecular complexity index is 748. The molecule has 0 amide bonds. The molecule has 1 aromatic carbocycles. The van der Waals surface area contributed by atoms with Gasteiger partial charge in [-0.05, 0) is 31.2 Å².